The molecule has 1 aliphatic rings. The van der Waals surface area contributed by atoms with E-state index in [1.807, 2.05) is 13.8 Å². The second-order valence-electron chi connectivity index (χ2n) is 6.21. The Morgan fingerprint density at radius 1 is 1.28 bits per heavy atom. The summed E-state index contributed by atoms with van der Waals surface area (Å²) in [6.07, 6.45) is 3.21. The van der Waals surface area contributed by atoms with Gasteiger partial charge in [0.05, 0.1) is 36.4 Å². The number of hydrazone groups is 1. The molecule has 2 atom stereocenters. The fourth-order valence-corrected chi connectivity index (χ4v) is 3.73. The fourth-order valence-electron chi connectivity index (χ4n) is 2.87. The van der Waals surface area contributed by atoms with E-state index in [9.17, 15) is 4.79 Å². The quantitative estimate of drug-likeness (QED) is 0.513. The molecule has 1 N–H and O–H groups in total. The maximum Gasteiger partial charge on any atom is 0.244 e. The summed E-state index contributed by atoms with van der Waals surface area (Å²) >= 11 is 14.9. The van der Waals surface area contributed by atoms with Crippen molar-refractivity contribution in [3.8, 4) is 11.5 Å². The fraction of sp³-hybridized carbons (Fsp3) is 0.412. The first kappa shape index (κ1) is 20.1. The summed E-state index contributed by atoms with van der Waals surface area (Å²) in [4.78, 5) is 12.4. The molecule has 8 heteroatoms. The molecule has 136 valence electrons. The van der Waals surface area contributed by atoms with Crippen LogP contribution >= 0.6 is 39.1 Å². The highest BCUT2D eigenvalue weighted by molar-refractivity contribution is 9.10. The number of allylic oxidation sites excluding steroid dienone is 1. The van der Waals surface area contributed by atoms with Crippen molar-refractivity contribution in [2.75, 3.05) is 14.2 Å². The van der Waals surface area contributed by atoms with Crippen LogP contribution < -0.4 is 14.9 Å². The van der Waals surface area contributed by atoms with Gasteiger partial charge >= 0.3 is 0 Å². The van der Waals surface area contributed by atoms with Crippen molar-refractivity contribution in [2.24, 2.45) is 22.4 Å². The Hall–Kier alpha value is -1.24. The normalized spacial score (nSPS) is 20.9. The second-order valence-corrected chi connectivity index (χ2v) is 8.01. The third-order valence-corrected chi connectivity index (χ3v) is 5.48. The molecule has 0 unspecified atom stereocenters. The zero-order valence-corrected chi connectivity index (χ0v) is 17.4. The molecule has 1 fully saturated rings. The molecule has 1 aromatic carbocycles. The van der Waals surface area contributed by atoms with E-state index in [0.717, 1.165) is 0 Å². The maximum absolute atomic E-state index is 12.4. The number of carbonyl (C=O) groups excluding carboxylic acids is 1. The standard InChI is InChI=1S/C17H19BrCl2N2O3/c1-17(2)10(7-13(19)20)14(17)16(23)22-21-8-9-11(24-3)5-6-12(25-4)15(9)18/h5-8,10,14H,1-4H3,(H,22,23)/b21-8-/t10-,14+/m1/s1. The van der Waals surface area contributed by atoms with E-state index in [4.69, 9.17) is 32.7 Å². The highest BCUT2D eigenvalue weighted by Gasteiger charge is 2.60. The van der Waals surface area contributed by atoms with Gasteiger partial charge in [0, 0.05) is 0 Å². The van der Waals surface area contributed by atoms with Crippen molar-refractivity contribution in [2.45, 2.75) is 13.8 Å². The predicted octanol–water partition coefficient (Wildman–Crippen LogP) is 4.51. The van der Waals surface area contributed by atoms with Crippen LogP contribution in [-0.2, 0) is 4.79 Å². The number of amides is 1. The SMILES string of the molecule is COc1ccc(OC)c(/C=N\NC(=O)[C@@H]2[C@@H](C=C(Cl)Cl)C2(C)C)c1Br. The van der Waals surface area contributed by atoms with Crippen molar-refractivity contribution in [3.05, 3.63) is 32.7 Å². The van der Waals surface area contributed by atoms with Crippen molar-refractivity contribution < 1.29 is 14.3 Å². The van der Waals surface area contributed by atoms with Gasteiger partial charge in [-0.15, -0.1) is 0 Å². The first-order chi connectivity index (χ1) is 11.7. The predicted molar refractivity (Wildman–Crippen MR) is 104 cm³/mol. The average Bonchev–Trinajstić information content (AvgIpc) is 3.08. The number of nitrogens with zero attached hydrogens (tertiary/aromatic N) is 1. The highest BCUT2D eigenvalue weighted by Crippen LogP contribution is 2.59. The van der Waals surface area contributed by atoms with Gasteiger partial charge in [-0.3, -0.25) is 4.79 Å². The van der Waals surface area contributed by atoms with Gasteiger partial charge in [0.25, 0.3) is 0 Å². The molecule has 0 spiro atoms. The van der Waals surface area contributed by atoms with Gasteiger partial charge in [-0.1, -0.05) is 37.0 Å². The lowest BCUT2D eigenvalue weighted by molar-refractivity contribution is -0.123. The molecule has 1 amide bonds. The van der Waals surface area contributed by atoms with Crippen molar-refractivity contribution in [1.82, 2.24) is 5.43 Å². The molecule has 1 saturated carbocycles. The van der Waals surface area contributed by atoms with Crippen LogP contribution in [-0.4, -0.2) is 26.3 Å². The second kappa shape index (κ2) is 7.98. The van der Waals surface area contributed by atoms with E-state index < -0.39 is 0 Å². The van der Waals surface area contributed by atoms with Crippen LogP contribution in [0.4, 0.5) is 0 Å². The van der Waals surface area contributed by atoms with E-state index in [-0.39, 0.29) is 27.6 Å². The molecule has 1 aliphatic carbocycles. The Labute approximate surface area is 165 Å². The maximum atomic E-state index is 12.4. The lowest BCUT2D eigenvalue weighted by Gasteiger charge is -2.10. The Bertz CT molecular complexity index is 731. The lowest BCUT2D eigenvalue weighted by Crippen LogP contribution is -2.22. The van der Waals surface area contributed by atoms with Crippen molar-refractivity contribution >= 4 is 51.3 Å². The first-order valence-corrected chi connectivity index (χ1v) is 9.05. The van der Waals surface area contributed by atoms with E-state index in [1.165, 1.54) is 6.21 Å². The number of hydrogen-bond donors (Lipinski definition) is 1. The van der Waals surface area contributed by atoms with Crippen LogP contribution in [0.1, 0.15) is 19.4 Å². The van der Waals surface area contributed by atoms with Gasteiger partial charge in [-0.2, -0.15) is 5.10 Å². The number of halogens is 3. The zero-order chi connectivity index (χ0) is 18.8. The van der Waals surface area contributed by atoms with Crippen LogP contribution in [0.3, 0.4) is 0 Å². The van der Waals surface area contributed by atoms with Gasteiger partial charge in [0.15, 0.2) is 0 Å². The summed E-state index contributed by atoms with van der Waals surface area (Å²) in [7, 11) is 3.13. The molecular formula is C17H19BrCl2N2O3. The summed E-state index contributed by atoms with van der Waals surface area (Å²) in [6, 6.07) is 3.54. The van der Waals surface area contributed by atoms with E-state index in [2.05, 4.69) is 26.5 Å². The third kappa shape index (κ3) is 4.30. The number of rotatable bonds is 6. The first-order valence-electron chi connectivity index (χ1n) is 7.50. The highest BCUT2D eigenvalue weighted by atomic mass is 79.9. The van der Waals surface area contributed by atoms with Crippen LogP contribution in [0.5, 0.6) is 11.5 Å². The summed E-state index contributed by atoms with van der Waals surface area (Å²) in [6.45, 7) is 3.97. The van der Waals surface area contributed by atoms with Gasteiger partial charge in [-0.25, -0.2) is 5.43 Å². The molecule has 0 saturated heterocycles. The molecule has 25 heavy (non-hydrogen) atoms. The smallest absolute Gasteiger partial charge is 0.244 e. The Morgan fingerprint density at radius 2 is 1.88 bits per heavy atom. The average molecular weight is 450 g/mol. The molecule has 2 rings (SSSR count). The lowest BCUT2D eigenvalue weighted by atomic mass is 10.1. The number of benzene rings is 1. The summed E-state index contributed by atoms with van der Waals surface area (Å²) in [5.41, 5.74) is 3.02. The Balaban J connectivity index is 2.12. The third-order valence-electron chi connectivity index (χ3n) is 4.41. The van der Waals surface area contributed by atoms with E-state index >= 15 is 0 Å². The summed E-state index contributed by atoms with van der Waals surface area (Å²) in [5.74, 6) is 0.819. The van der Waals surface area contributed by atoms with E-state index in [1.54, 1.807) is 32.4 Å². The molecule has 0 heterocycles. The monoisotopic (exact) mass is 448 g/mol. The number of nitrogens with one attached hydrogen (secondary N) is 1. The van der Waals surface area contributed by atoms with Crippen LogP contribution in [0, 0.1) is 17.3 Å². The number of methoxy groups -OCH3 is 2. The molecule has 1 aromatic rings. The van der Waals surface area contributed by atoms with Gasteiger partial charge in [-0.05, 0) is 45.5 Å². The van der Waals surface area contributed by atoms with Crippen molar-refractivity contribution in [3.63, 3.8) is 0 Å². The van der Waals surface area contributed by atoms with Gasteiger partial charge < -0.3 is 9.47 Å². The molecule has 5 nitrogen and oxygen atoms in total. The minimum atomic E-state index is -0.229. The summed E-state index contributed by atoms with van der Waals surface area (Å²) < 4.78 is 11.4. The molecule has 0 radical (unpaired) electrons. The van der Waals surface area contributed by atoms with Crippen molar-refractivity contribution in [1.29, 1.82) is 0 Å². The van der Waals surface area contributed by atoms with Crippen LogP contribution in [0.15, 0.2) is 32.3 Å². The number of hydrogen-bond acceptors (Lipinski definition) is 4. The van der Waals surface area contributed by atoms with E-state index in [0.29, 0.717) is 21.5 Å². The van der Waals surface area contributed by atoms with Gasteiger partial charge in [0.1, 0.15) is 16.0 Å². The summed E-state index contributed by atoms with van der Waals surface area (Å²) in [5, 5.41) is 4.05. The van der Waals surface area contributed by atoms with Crippen LogP contribution in [0.2, 0.25) is 0 Å². The van der Waals surface area contributed by atoms with Gasteiger partial charge in [0.2, 0.25) is 5.91 Å². The minimum Gasteiger partial charge on any atom is -0.496 e. The molecule has 0 bridgehead atoms. The topological polar surface area (TPSA) is 59.9 Å². The molecule has 0 aromatic heterocycles. The molecule has 0 aliphatic heterocycles. The number of ether oxygens (including phenoxy) is 2. The number of carbonyl (C=O) groups is 1. The van der Waals surface area contributed by atoms with Crippen LogP contribution in [0.25, 0.3) is 0 Å². The molecular weight excluding hydrogens is 431 g/mol. The minimum absolute atomic E-state index is 0.00853. The Morgan fingerprint density at radius 3 is 2.44 bits per heavy atom. The zero-order valence-electron chi connectivity index (χ0n) is 14.3. The Kier molecular flexibility index (Phi) is 6.40. The largest absolute Gasteiger partial charge is 0.496 e.